The van der Waals surface area contributed by atoms with Crippen LogP contribution in [0.5, 0.6) is 0 Å². The van der Waals surface area contributed by atoms with Gasteiger partial charge in [0.15, 0.2) is 29.2 Å². The molecule has 0 amide bonds. The maximum Gasteiger partial charge on any atom is 0.258 e. The number of pyridine rings is 1. The summed E-state index contributed by atoms with van der Waals surface area (Å²) >= 11 is 7.43. The molecule has 0 saturated heterocycles. The molecule has 0 unspecified atom stereocenters. The largest absolute Gasteiger partial charge is 0.619 e. The molecule has 0 aliphatic rings. The van der Waals surface area contributed by atoms with E-state index in [9.17, 15) is 5.21 Å². The number of nitrogens with zero attached hydrogens (tertiary/aromatic N) is 6. The van der Waals surface area contributed by atoms with Crippen LogP contribution in [-0.2, 0) is 12.8 Å². The molecule has 27 heavy (non-hydrogen) atoms. The molecular formula is C17H13ClN6O2S. The monoisotopic (exact) mass is 400 g/mol. The van der Waals surface area contributed by atoms with Crippen LogP contribution < -0.4 is 4.73 Å². The molecule has 0 saturated carbocycles. The Balaban J connectivity index is 1.47. The third-order valence-corrected chi connectivity index (χ3v) is 5.02. The fraction of sp³-hybridized carbons (Fsp3) is 0.118. The van der Waals surface area contributed by atoms with E-state index in [4.69, 9.17) is 16.1 Å². The van der Waals surface area contributed by atoms with Crippen molar-refractivity contribution in [2.75, 3.05) is 0 Å². The highest BCUT2D eigenvalue weighted by atomic mass is 35.5. The number of halogens is 1. The lowest BCUT2D eigenvalue weighted by Gasteiger charge is -2.02. The first-order valence-corrected chi connectivity index (χ1v) is 9.26. The van der Waals surface area contributed by atoms with E-state index in [1.165, 1.54) is 24.2 Å². The molecule has 136 valence electrons. The highest BCUT2D eigenvalue weighted by molar-refractivity contribution is 7.98. The number of hydrogen-bond donors (Lipinski definition) is 0. The summed E-state index contributed by atoms with van der Waals surface area (Å²) in [7, 11) is 1.86. The maximum atomic E-state index is 11.2. The second-order valence-corrected chi connectivity index (χ2v) is 7.01. The number of aromatic nitrogens is 6. The first-order valence-electron chi connectivity index (χ1n) is 7.90. The SMILES string of the molecule is Cn1c(SCc2noc(-c3cccc(Cl)c3)n2)nnc1-c1cc[n+]([O-])cc1. The van der Waals surface area contributed by atoms with Crippen LogP contribution in [0, 0.1) is 5.21 Å². The fourth-order valence-electron chi connectivity index (χ4n) is 2.43. The van der Waals surface area contributed by atoms with Crippen molar-refractivity contribution in [1.29, 1.82) is 0 Å². The second kappa shape index (κ2) is 7.37. The van der Waals surface area contributed by atoms with Gasteiger partial charge in [0.1, 0.15) is 0 Å². The Morgan fingerprint density at radius 3 is 2.78 bits per heavy atom. The summed E-state index contributed by atoms with van der Waals surface area (Å²) in [5.41, 5.74) is 1.58. The van der Waals surface area contributed by atoms with E-state index in [-0.39, 0.29) is 0 Å². The Morgan fingerprint density at radius 1 is 1.19 bits per heavy atom. The maximum absolute atomic E-state index is 11.2. The van der Waals surface area contributed by atoms with Crippen molar-refractivity contribution in [3.05, 3.63) is 64.8 Å². The molecule has 3 aromatic heterocycles. The van der Waals surface area contributed by atoms with Crippen LogP contribution in [0.4, 0.5) is 0 Å². The number of benzene rings is 1. The highest BCUT2D eigenvalue weighted by Gasteiger charge is 2.14. The third-order valence-electron chi connectivity index (χ3n) is 3.77. The standard InChI is InChI=1S/C17H13ClN6O2S/c1-23-15(11-5-7-24(25)8-6-11)20-21-17(23)27-10-14-19-16(26-22-14)12-3-2-4-13(18)9-12/h2-9H,10H2,1H3. The first-order chi connectivity index (χ1) is 13.1. The Labute approximate surface area is 163 Å². The summed E-state index contributed by atoms with van der Waals surface area (Å²) in [4.78, 5) is 4.39. The predicted octanol–water partition coefficient (Wildman–Crippen LogP) is 3.11. The molecule has 0 fully saturated rings. The molecule has 1 aromatic carbocycles. The minimum Gasteiger partial charge on any atom is -0.619 e. The molecule has 0 atom stereocenters. The van der Waals surface area contributed by atoms with Gasteiger partial charge in [0.05, 0.1) is 5.75 Å². The quantitative estimate of drug-likeness (QED) is 0.288. The van der Waals surface area contributed by atoms with Gasteiger partial charge in [-0.3, -0.25) is 0 Å². The van der Waals surface area contributed by atoms with Gasteiger partial charge in [0, 0.05) is 35.3 Å². The van der Waals surface area contributed by atoms with Gasteiger partial charge < -0.3 is 14.3 Å². The van der Waals surface area contributed by atoms with Crippen LogP contribution >= 0.6 is 23.4 Å². The summed E-state index contributed by atoms with van der Waals surface area (Å²) in [6.07, 6.45) is 2.85. The molecule has 0 radical (unpaired) electrons. The zero-order chi connectivity index (χ0) is 18.8. The zero-order valence-corrected chi connectivity index (χ0v) is 15.7. The van der Waals surface area contributed by atoms with Gasteiger partial charge in [-0.1, -0.05) is 34.6 Å². The van der Waals surface area contributed by atoms with E-state index < -0.39 is 0 Å². The average Bonchev–Trinajstić information content (AvgIpc) is 3.28. The van der Waals surface area contributed by atoms with Crippen molar-refractivity contribution in [2.45, 2.75) is 10.9 Å². The van der Waals surface area contributed by atoms with Crippen LogP contribution in [0.15, 0.2) is 58.5 Å². The Morgan fingerprint density at radius 2 is 2.00 bits per heavy atom. The number of rotatable bonds is 5. The van der Waals surface area contributed by atoms with E-state index in [0.717, 1.165) is 15.9 Å². The van der Waals surface area contributed by atoms with Crippen LogP contribution in [0.25, 0.3) is 22.8 Å². The summed E-state index contributed by atoms with van der Waals surface area (Å²) in [5, 5.41) is 24.9. The van der Waals surface area contributed by atoms with Crippen molar-refractivity contribution < 1.29 is 9.25 Å². The number of hydrogen-bond acceptors (Lipinski definition) is 7. The molecule has 8 nitrogen and oxygen atoms in total. The van der Waals surface area contributed by atoms with Crippen LogP contribution in [-0.4, -0.2) is 24.9 Å². The van der Waals surface area contributed by atoms with Crippen molar-refractivity contribution in [2.24, 2.45) is 7.05 Å². The summed E-state index contributed by atoms with van der Waals surface area (Å²) < 4.78 is 7.88. The molecule has 0 bridgehead atoms. The molecule has 3 heterocycles. The molecule has 4 rings (SSSR count). The third kappa shape index (κ3) is 3.79. The van der Waals surface area contributed by atoms with Gasteiger partial charge in [-0.25, -0.2) is 0 Å². The Bertz CT molecular complexity index is 1080. The van der Waals surface area contributed by atoms with Crippen LogP contribution in [0.3, 0.4) is 0 Å². The topological polar surface area (TPSA) is 96.6 Å². The molecule has 0 N–H and O–H groups in total. The molecule has 4 aromatic rings. The van der Waals surface area contributed by atoms with Crippen molar-refractivity contribution in [3.8, 4) is 22.8 Å². The van der Waals surface area contributed by atoms with Crippen LogP contribution in [0.2, 0.25) is 5.02 Å². The lowest BCUT2D eigenvalue weighted by molar-refractivity contribution is -0.605. The van der Waals surface area contributed by atoms with Gasteiger partial charge in [-0.05, 0) is 18.2 Å². The van der Waals surface area contributed by atoms with Crippen molar-refractivity contribution >= 4 is 23.4 Å². The highest BCUT2D eigenvalue weighted by Crippen LogP contribution is 2.26. The number of thioether (sulfide) groups is 1. The van der Waals surface area contributed by atoms with Gasteiger partial charge >= 0.3 is 0 Å². The van der Waals surface area contributed by atoms with Crippen molar-refractivity contribution in [1.82, 2.24) is 24.9 Å². The molecule has 0 aliphatic heterocycles. The van der Waals surface area contributed by atoms with Gasteiger partial charge in [-0.2, -0.15) is 9.71 Å². The van der Waals surface area contributed by atoms with E-state index in [1.807, 2.05) is 23.7 Å². The minimum atomic E-state index is 0.418. The minimum absolute atomic E-state index is 0.418. The zero-order valence-electron chi connectivity index (χ0n) is 14.1. The normalized spacial score (nSPS) is 11.0. The van der Waals surface area contributed by atoms with Gasteiger partial charge in [0.25, 0.3) is 5.89 Å². The summed E-state index contributed by atoms with van der Waals surface area (Å²) in [6.45, 7) is 0. The van der Waals surface area contributed by atoms with Gasteiger partial charge in [0.2, 0.25) is 0 Å². The first kappa shape index (κ1) is 17.5. The Kier molecular flexibility index (Phi) is 4.78. The van der Waals surface area contributed by atoms with Gasteiger partial charge in [-0.15, -0.1) is 10.2 Å². The van der Waals surface area contributed by atoms with Crippen molar-refractivity contribution in [3.63, 3.8) is 0 Å². The molecule has 0 spiro atoms. The summed E-state index contributed by atoms with van der Waals surface area (Å²) in [5.74, 6) is 2.12. The summed E-state index contributed by atoms with van der Waals surface area (Å²) in [6, 6.07) is 10.6. The van der Waals surface area contributed by atoms with E-state index in [1.54, 1.807) is 24.3 Å². The predicted molar refractivity (Wildman–Crippen MR) is 99.7 cm³/mol. The van der Waals surface area contributed by atoms with E-state index in [2.05, 4.69) is 20.3 Å². The second-order valence-electron chi connectivity index (χ2n) is 5.63. The Hall–Kier alpha value is -2.91. The lowest BCUT2D eigenvalue weighted by Crippen LogP contribution is -2.23. The van der Waals surface area contributed by atoms with Crippen LogP contribution in [0.1, 0.15) is 5.82 Å². The lowest BCUT2D eigenvalue weighted by atomic mass is 10.2. The van der Waals surface area contributed by atoms with E-state index >= 15 is 0 Å². The van der Waals surface area contributed by atoms with E-state index in [0.29, 0.717) is 33.5 Å². The molecule has 0 aliphatic carbocycles. The average molecular weight is 401 g/mol. The fourth-order valence-corrected chi connectivity index (χ4v) is 3.38. The molecule has 10 heteroatoms. The molecular weight excluding hydrogens is 388 g/mol. The smallest absolute Gasteiger partial charge is 0.258 e.